The normalized spacial score (nSPS) is 12.0. The van der Waals surface area contributed by atoms with Gasteiger partial charge >= 0.3 is 12.0 Å². The van der Waals surface area contributed by atoms with Gasteiger partial charge in [-0.25, -0.2) is 9.59 Å². The Kier molecular flexibility index (Phi) is 4.05. The molecule has 1 atom stereocenters. The molecule has 0 radical (unpaired) electrons. The third kappa shape index (κ3) is 3.21. The van der Waals surface area contributed by atoms with Gasteiger partial charge in [0.2, 0.25) is 0 Å². The number of carbonyl (C=O) groups excluding carboxylic acids is 1. The fraction of sp³-hybridized carbons (Fsp3) is 0.118. The molecule has 6 nitrogen and oxygen atoms in total. The Morgan fingerprint density at radius 3 is 2.52 bits per heavy atom. The van der Waals surface area contributed by atoms with E-state index in [2.05, 4.69) is 10.4 Å². The van der Waals surface area contributed by atoms with Crippen molar-refractivity contribution in [3.8, 4) is 0 Å². The van der Waals surface area contributed by atoms with Gasteiger partial charge < -0.3 is 10.4 Å². The zero-order valence-electron chi connectivity index (χ0n) is 12.2. The predicted molar refractivity (Wildman–Crippen MR) is 85.2 cm³/mol. The summed E-state index contributed by atoms with van der Waals surface area (Å²) in [6.45, 7) is 0. The van der Waals surface area contributed by atoms with Gasteiger partial charge in [-0.1, -0.05) is 48.5 Å². The molecule has 3 aromatic rings. The number of carbonyl (C=O) groups is 2. The van der Waals surface area contributed by atoms with Crippen molar-refractivity contribution in [3.05, 3.63) is 66.4 Å². The van der Waals surface area contributed by atoms with E-state index in [1.54, 1.807) is 18.3 Å². The lowest BCUT2D eigenvalue weighted by Crippen LogP contribution is -2.44. The van der Waals surface area contributed by atoms with E-state index in [0.717, 1.165) is 10.9 Å². The van der Waals surface area contributed by atoms with Gasteiger partial charge in [-0.15, -0.1) is 0 Å². The van der Waals surface area contributed by atoms with Gasteiger partial charge in [0.25, 0.3) is 0 Å². The lowest BCUT2D eigenvalue weighted by molar-refractivity contribution is -0.139. The van der Waals surface area contributed by atoms with E-state index in [1.807, 2.05) is 42.5 Å². The molecule has 116 valence electrons. The summed E-state index contributed by atoms with van der Waals surface area (Å²) in [5.41, 5.74) is 1.47. The zero-order valence-corrected chi connectivity index (χ0v) is 12.2. The number of benzene rings is 2. The summed E-state index contributed by atoms with van der Waals surface area (Å²) in [6.07, 6.45) is 1.78. The van der Waals surface area contributed by atoms with Gasteiger partial charge in [0.05, 0.1) is 11.7 Å². The van der Waals surface area contributed by atoms with Crippen LogP contribution in [0.5, 0.6) is 0 Å². The van der Waals surface area contributed by atoms with E-state index in [-0.39, 0.29) is 6.42 Å². The van der Waals surface area contributed by atoms with E-state index in [1.165, 1.54) is 4.68 Å². The molecule has 6 heteroatoms. The number of amides is 1. The minimum atomic E-state index is -1.08. The second kappa shape index (κ2) is 6.31. The molecule has 0 aliphatic heterocycles. The molecule has 0 aliphatic rings. The maximum absolute atomic E-state index is 12.4. The van der Waals surface area contributed by atoms with Crippen LogP contribution >= 0.6 is 0 Å². The Morgan fingerprint density at radius 2 is 1.78 bits per heavy atom. The number of nitrogens with zero attached hydrogens (tertiary/aromatic N) is 2. The van der Waals surface area contributed by atoms with Crippen molar-refractivity contribution < 1.29 is 14.7 Å². The number of hydrogen-bond donors (Lipinski definition) is 2. The van der Waals surface area contributed by atoms with E-state index in [9.17, 15) is 14.7 Å². The predicted octanol–water partition coefficient (Wildman–Crippen LogP) is 2.29. The van der Waals surface area contributed by atoms with Gasteiger partial charge in [-0.2, -0.15) is 9.78 Å². The number of aliphatic carboxylic acids is 1. The van der Waals surface area contributed by atoms with Gasteiger partial charge in [0.1, 0.15) is 6.04 Å². The highest BCUT2D eigenvalue weighted by molar-refractivity contribution is 5.91. The summed E-state index contributed by atoms with van der Waals surface area (Å²) in [4.78, 5) is 23.8. The third-order valence-corrected chi connectivity index (χ3v) is 3.55. The van der Waals surface area contributed by atoms with Crippen LogP contribution < -0.4 is 5.32 Å². The summed E-state index contributed by atoms with van der Waals surface area (Å²) in [5, 5.41) is 16.7. The molecule has 2 N–H and O–H groups in total. The van der Waals surface area contributed by atoms with E-state index in [0.29, 0.717) is 5.52 Å². The van der Waals surface area contributed by atoms with Gasteiger partial charge in [0.15, 0.2) is 0 Å². The minimum Gasteiger partial charge on any atom is -0.480 e. The SMILES string of the molecule is O=C(O)[C@H](Cc1ccccc1)NC(=O)n1ncc2ccccc21. The zero-order chi connectivity index (χ0) is 16.2. The second-order valence-electron chi connectivity index (χ2n) is 5.15. The molecule has 0 fully saturated rings. The third-order valence-electron chi connectivity index (χ3n) is 3.55. The van der Waals surface area contributed by atoms with Crippen LogP contribution in [0.25, 0.3) is 10.9 Å². The molecule has 1 aromatic heterocycles. The highest BCUT2D eigenvalue weighted by atomic mass is 16.4. The molecule has 0 saturated heterocycles. The van der Waals surface area contributed by atoms with Gasteiger partial charge in [-0.3, -0.25) is 0 Å². The fourth-order valence-electron chi connectivity index (χ4n) is 2.39. The molecule has 3 rings (SSSR count). The van der Waals surface area contributed by atoms with Crippen molar-refractivity contribution in [3.63, 3.8) is 0 Å². The first-order valence-corrected chi connectivity index (χ1v) is 7.15. The Hall–Kier alpha value is -3.15. The van der Waals surface area contributed by atoms with Crippen molar-refractivity contribution >= 4 is 22.9 Å². The molecule has 0 bridgehead atoms. The maximum Gasteiger partial charge on any atom is 0.343 e. The van der Waals surface area contributed by atoms with Gasteiger partial charge in [0, 0.05) is 11.8 Å². The molecule has 0 unspecified atom stereocenters. The highest BCUT2D eigenvalue weighted by Crippen LogP contribution is 2.12. The van der Waals surface area contributed by atoms with Crippen LogP contribution in [-0.2, 0) is 11.2 Å². The molecule has 0 spiro atoms. The van der Waals surface area contributed by atoms with Crippen molar-refractivity contribution in [2.24, 2.45) is 0 Å². The van der Waals surface area contributed by atoms with Crippen molar-refractivity contribution in [1.29, 1.82) is 0 Å². The van der Waals surface area contributed by atoms with Crippen LogP contribution in [0.15, 0.2) is 60.8 Å². The first-order valence-electron chi connectivity index (χ1n) is 7.15. The number of fused-ring (bicyclic) bond motifs is 1. The lowest BCUT2D eigenvalue weighted by atomic mass is 10.1. The van der Waals surface area contributed by atoms with Crippen LogP contribution in [0.2, 0.25) is 0 Å². The fourth-order valence-corrected chi connectivity index (χ4v) is 2.39. The van der Waals surface area contributed by atoms with Crippen molar-refractivity contribution in [2.75, 3.05) is 0 Å². The second-order valence-corrected chi connectivity index (χ2v) is 5.15. The van der Waals surface area contributed by atoms with Crippen LogP contribution in [0.4, 0.5) is 4.79 Å². The van der Waals surface area contributed by atoms with Crippen LogP contribution in [-0.4, -0.2) is 32.9 Å². The van der Waals surface area contributed by atoms with Crippen molar-refractivity contribution in [1.82, 2.24) is 15.1 Å². The molecule has 1 amide bonds. The van der Waals surface area contributed by atoms with E-state index in [4.69, 9.17) is 0 Å². The number of carboxylic acids is 1. The average Bonchev–Trinajstić information content (AvgIpc) is 2.99. The number of nitrogens with one attached hydrogen (secondary N) is 1. The molecule has 0 aliphatic carbocycles. The van der Waals surface area contributed by atoms with Crippen LogP contribution in [0.1, 0.15) is 5.56 Å². The molecular weight excluding hydrogens is 294 g/mol. The smallest absolute Gasteiger partial charge is 0.343 e. The Bertz CT molecular complexity index is 842. The lowest BCUT2D eigenvalue weighted by Gasteiger charge is -2.14. The molecule has 23 heavy (non-hydrogen) atoms. The molecule has 0 saturated carbocycles. The maximum atomic E-state index is 12.4. The number of hydrogen-bond acceptors (Lipinski definition) is 3. The average molecular weight is 309 g/mol. The molecule has 1 heterocycles. The Balaban J connectivity index is 1.80. The van der Waals surface area contributed by atoms with Crippen LogP contribution in [0.3, 0.4) is 0 Å². The molecular formula is C17H15N3O3. The number of carboxylic acid groups (broad SMARTS) is 1. The number of para-hydroxylation sites is 1. The van der Waals surface area contributed by atoms with Gasteiger partial charge in [-0.05, 0) is 11.6 Å². The summed E-state index contributed by atoms with van der Waals surface area (Å²) >= 11 is 0. The van der Waals surface area contributed by atoms with Crippen molar-refractivity contribution in [2.45, 2.75) is 12.5 Å². The monoisotopic (exact) mass is 309 g/mol. The topological polar surface area (TPSA) is 84.2 Å². The first-order chi connectivity index (χ1) is 11.1. The standard InChI is InChI=1S/C17H15N3O3/c21-16(22)14(10-12-6-2-1-3-7-12)19-17(23)20-15-9-5-4-8-13(15)11-18-20/h1-9,11,14H,10H2,(H,19,23)(H,21,22)/t14-/m0/s1. The quantitative estimate of drug-likeness (QED) is 0.774. The van der Waals surface area contributed by atoms with E-state index >= 15 is 0 Å². The summed E-state index contributed by atoms with van der Waals surface area (Å²) < 4.78 is 1.18. The largest absolute Gasteiger partial charge is 0.480 e. The summed E-state index contributed by atoms with van der Waals surface area (Å²) in [7, 11) is 0. The Labute approximate surface area is 132 Å². The van der Waals surface area contributed by atoms with Crippen LogP contribution in [0, 0.1) is 0 Å². The summed E-state index contributed by atoms with van der Waals surface area (Å²) in [5.74, 6) is -1.08. The van der Waals surface area contributed by atoms with E-state index < -0.39 is 18.0 Å². The minimum absolute atomic E-state index is 0.209. The Morgan fingerprint density at radius 1 is 1.09 bits per heavy atom. The first kappa shape index (κ1) is 14.8. The molecule has 2 aromatic carbocycles. The number of rotatable bonds is 4. The highest BCUT2D eigenvalue weighted by Gasteiger charge is 2.22. The number of aromatic nitrogens is 2. The summed E-state index contributed by atoms with van der Waals surface area (Å²) in [6, 6.07) is 14.8.